The first-order valence-electron chi connectivity index (χ1n) is 8.11. The van der Waals surface area contributed by atoms with Gasteiger partial charge in [-0.1, -0.05) is 12.1 Å². The van der Waals surface area contributed by atoms with E-state index < -0.39 is 12.1 Å². The van der Waals surface area contributed by atoms with Crippen molar-refractivity contribution in [3.05, 3.63) is 54.1 Å². The molecule has 7 heteroatoms. The lowest BCUT2D eigenvalue weighted by Gasteiger charge is -2.07. The Kier molecular flexibility index (Phi) is 7.45. The highest BCUT2D eigenvalue weighted by Gasteiger charge is 2.07. The molecule has 0 aliphatic heterocycles. The molecule has 0 aromatic heterocycles. The van der Waals surface area contributed by atoms with Crippen LogP contribution >= 0.6 is 0 Å². The fourth-order valence-corrected chi connectivity index (χ4v) is 2.06. The van der Waals surface area contributed by atoms with E-state index in [-0.39, 0.29) is 19.6 Å². The molecule has 0 unspecified atom stereocenters. The van der Waals surface area contributed by atoms with Crippen LogP contribution in [0.3, 0.4) is 0 Å². The normalized spacial score (nSPS) is 10.1. The summed E-state index contributed by atoms with van der Waals surface area (Å²) >= 11 is 0. The molecule has 0 spiro atoms. The van der Waals surface area contributed by atoms with Gasteiger partial charge < -0.3 is 24.6 Å². The van der Waals surface area contributed by atoms with Crippen molar-refractivity contribution in [2.24, 2.45) is 0 Å². The second-order valence-electron chi connectivity index (χ2n) is 5.37. The highest BCUT2D eigenvalue weighted by molar-refractivity contribution is 5.73. The monoisotopic (exact) mass is 359 g/mol. The van der Waals surface area contributed by atoms with Gasteiger partial charge in [-0.05, 0) is 48.4 Å². The third-order valence-electron chi connectivity index (χ3n) is 3.43. The maximum absolute atomic E-state index is 11.7. The molecular weight excluding hydrogens is 338 g/mol. The number of methoxy groups -OCH3 is 1. The summed E-state index contributed by atoms with van der Waals surface area (Å²) in [6.45, 7) is 0.222. The molecule has 0 heterocycles. The van der Waals surface area contributed by atoms with Gasteiger partial charge in [0.1, 0.15) is 17.2 Å². The van der Waals surface area contributed by atoms with Crippen LogP contribution in [-0.4, -0.2) is 30.8 Å². The molecular formula is C19H21NO6. The second kappa shape index (κ2) is 10.0. The van der Waals surface area contributed by atoms with Crippen LogP contribution in [-0.2, 0) is 11.4 Å². The Morgan fingerprint density at radius 3 is 2.12 bits per heavy atom. The first kappa shape index (κ1) is 19.3. The van der Waals surface area contributed by atoms with Gasteiger partial charge in [-0.15, -0.1) is 0 Å². The molecule has 7 nitrogen and oxygen atoms in total. The lowest BCUT2D eigenvalue weighted by Crippen LogP contribution is -2.28. The van der Waals surface area contributed by atoms with Crippen molar-refractivity contribution in [2.75, 3.05) is 13.7 Å². The van der Waals surface area contributed by atoms with Gasteiger partial charge in [-0.3, -0.25) is 4.79 Å². The molecule has 0 fully saturated rings. The fraction of sp³-hybridized carbons (Fsp3) is 0.263. The molecule has 0 aliphatic rings. The van der Waals surface area contributed by atoms with Gasteiger partial charge in [-0.2, -0.15) is 0 Å². The number of carbonyl (C=O) groups excluding carboxylic acids is 2. The largest absolute Gasteiger partial charge is 0.497 e. The Hall–Kier alpha value is -3.06. The number of ether oxygens (including phenoxy) is 3. The highest BCUT2D eigenvalue weighted by Crippen LogP contribution is 2.17. The van der Waals surface area contributed by atoms with E-state index in [9.17, 15) is 9.59 Å². The number of hydrogen-bond acceptors (Lipinski definition) is 6. The van der Waals surface area contributed by atoms with Gasteiger partial charge >= 0.3 is 12.1 Å². The summed E-state index contributed by atoms with van der Waals surface area (Å²) < 4.78 is 15.3. The van der Waals surface area contributed by atoms with Crippen molar-refractivity contribution in [1.29, 1.82) is 0 Å². The summed E-state index contributed by atoms with van der Waals surface area (Å²) in [6, 6.07) is 13.2. The van der Waals surface area contributed by atoms with E-state index in [1.807, 2.05) is 0 Å². The second-order valence-corrected chi connectivity index (χ2v) is 5.37. The first-order chi connectivity index (χ1) is 12.6. The van der Waals surface area contributed by atoms with Crippen molar-refractivity contribution in [3.63, 3.8) is 0 Å². The molecule has 0 radical (unpaired) electrons. The molecule has 26 heavy (non-hydrogen) atoms. The minimum absolute atomic E-state index is 0.0630. The van der Waals surface area contributed by atoms with Crippen molar-refractivity contribution in [1.82, 2.24) is 5.32 Å². The molecule has 138 valence electrons. The van der Waals surface area contributed by atoms with Gasteiger partial charge in [0.05, 0.1) is 13.7 Å². The molecule has 2 rings (SSSR count). The summed E-state index contributed by atoms with van der Waals surface area (Å²) in [5.74, 6) is 1.09. The predicted octanol–water partition coefficient (Wildman–Crippen LogP) is 2.66. The predicted molar refractivity (Wildman–Crippen MR) is 94.3 cm³/mol. The van der Waals surface area contributed by atoms with Gasteiger partial charge in [0, 0.05) is 13.0 Å². The Labute approximate surface area is 151 Å². The van der Waals surface area contributed by atoms with Gasteiger partial charge in [0.25, 0.3) is 0 Å². The van der Waals surface area contributed by atoms with Crippen LogP contribution in [0.1, 0.15) is 18.4 Å². The molecule has 0 saturated carbocycles. The van der Waals surface area contributed by atoms with Crippen LogP contribution in [0.5, 0.6) is 17.2 Å². The Morgan fingerprint density at radius 2 is 1.50 bits per heavy atom. The average molecular weight is 359 g/mol. The summed E-state index contributed by atoms with van der Waals surface area (Å²) in [7, 11) is 1.55. The van der Waals surface area contributed by atoms with E-state index in [1.54, 1.807) is 55.6 Å². The zero-order chi connectivity index (χ0) is 18.8. The molecule has 2 aromatic rings. The van der Waals surface area contributed by atoms with Crippen molar-refractivity contribution < 1.29 is 28.9 Å². The zero-order valence-corrected chi connectivity index (χ0v) is 14.4. The van der Waals surface area contributed by atoms with Crippen LogP contribution in [0.25, 0.3) is 0 Å². The SMILES string of the molecule is COc1ccc(OC(=O)NCCCC(=O)Oc2ccc(CO)cc2)cc1. The maximum Gasteiger partial charge on any atom is 0.412 e. The van der Waals surface area contributed by atoms with Crippen LogP contribution in [0.15, 0.2) is 48.5 Å². The summed E-state index contributed by atoms with van der Waals surface area (Å²) in [5.41, 5.74) is 0.740. The average Bonchev–Trinajstić information content (AvgIpc) is 2.66. The molecule has 2 aromatic carbocycles. The third kappa shape index (κ3) is 6.45. The van der Waals surface area contributed by atoms with Gasteiger partial charge in [0.15, 0.2) is 0 Å². The van der Waals surface area contributed by atoms with E-state index in [1.165, 1.54) is 0 Å². The Bertz CT molecular complexity index is 648. The van der Waals surface area contributed by atoms with Crippen LogP contribution in [0.4, 0.5) is 4.79 Å². The molecule has 2 N–H and O–H groups in total. The van der Waals surface area contributed by atoms with Crippen molar-refractivity contribution in [3.8, 4) is 17.2 Å². The summed E-state index contributed by atoms with van der Waals surface area (Å²) in [6.07, 6.45) is -0.0151. The van der Waals surface area contributed by atoms with E-state index in [0.717, 1.165) is 5.56 Å². The quantitative estimate of drug-likeness (QED) is 0.427. The smallest absolute Gasteiger partial charge is 0.412 e. The van der Waals surface area contributed by atoms with Crippen molar-refractivity contribution >= 4 is 12.1 Å². The number of rotatable bonds is 8. The maximum atomic E-state index is 11.7. The van der Waals surface area contributed by atoms with E-state index in [4.69, 9.17) is 19.3 Å². The van der Waals surface area contributed by atoms with Gasteiger partial charge in [0.2, 0.25) is 0 Å². The number of hydrogen-bond donors (Lipinski definition) is 2. The van der Waals surface area contributed by atoms with Crippen LogP contribution in [0.2, 0.25) is 0 Å². The van der Waals surface area contributed by atoms with E-state index in [0.29, 0.717) is 23.7 Å². The number of carbonyl (C=O) groups is 2. The molecule has 0 bridgehead atoms. The zero-order valence-electron chi connectivity index (χ0n) is 14.4. The van der Waals surface area contributed by atoms with Crippen LogP contribution in [0, 0.1) is 0 Å². The minimum Gasteiger partial charge on any atom is -0.497 e. The minimum atomic E-state index is -0.594. The topological polar surface area (TPSA) is 94.1 Å². The molecule has 0 saturated heterocycles. The number of aliphatic hydroxyl groups excluding tert-OH is 1. The van der Waals surface area contributed by atoms with Crippen molar-refractivity contribution in [2.45, 2.75) is 19.4 Å². The van der Waals surface area contributed by atoms with E-state index in [2.05, 4.69) is 5.32 Å². The summed E-state index contributed by atoms with van der Waals surface area (Å²) in [4.78, 5) is 23.4. The highest BCUT2D eigenvalue weighted by atomic mass is 16.6. The fourth-order valence-electron chi connectivity index (χ4n) is 2.06. The number of aliphatic hydroxyl groups is 1. The molecule has 0 aliphatic carbocycles. The van der Waals surface area contributed by atoms with E-state index >= 15 is 0 Å². The lowest BCUT2D eigenvalue weighted by molar-refractivity contribution is -0.134. The number of benzene rings is 2. The number of esters is 1. The van der Waals surface area contributed by atoms with Gasteiger partial charge in [-0.25, -0.2) is 4.79 Å². The lowest BCUT2D eigenvalue weighted by atomic mass is 10.2. The molecule has 1 amide bonds. The molecule has 0 atom stereocenters. The van der Waals surface area contributed by atoms with Crippen LogP contribution < -0.4 is 19.5 Å². The number of amides is 1. The summed E-state index contributed by atoms with van der Waals surface area (Å²) in [5, 5.41) is 11.5. The standard InChI is InChI=1S/C19H21NO6/c1-24-15-8-10-17(11-9-15)26-19(23)20-12-2-3-18(22)25-16-6-4-14(13-21)5-7-16/h4-11,21H,2-3,12-13H2,1H3,(H,20,23). The first-order valence-corrected chi connectivity index (χ1v) is 8.11. The number of nitrogens with one attached hydrogen (secondary N) is 1. The Morgan fingerprint density at radius 1 is 0.923 bits per heavy atom. The Balaban J connectivity index is 1.63. The third-order valence-corrected chi connectivity index (χ3v) is 3.43.